The smallest absolute Gasteiger partial charge is 0.145 e. The Bertz CT molecular complexity index is 751. The fraction of sp³-hybridized carbons (Fsp3) is 0.550. The van der Waals surface area contributed by atoms with E-state index in [-0.39, 0.29) is 11.3 Å². The fourth-order valence-corrected chi connectivity index (χ4v) is 4.61. The minimum atomic E-state index is -0.641. The van der Waals surface area contributed by atoms with Gasteiger partial charge in [0, 0.05) is 37.1 Å². The number of halogens is 2. The minimum Gasteiger partial charge on any atom is -0.497 e. The second kappa shape index (κ2) is 7.35. The Hall–Kier alpha value is -1.95. The Morgan fingerprint density at radius 1 is 1.12 bits per heavy atom. The van der Waals surface area contributed by atoms with E-state index in [1.807, 2.05) is 10.8 Å². The van der Waals surface area contributed by atoms with Gasteiger partial charge in [-0.25, -0.2) is 13.8 Å². The summed E-state index contributed by atoms with van der Waals surface area (Å²) in [7, 11) is 1.40. The number of fused-ring (bicyclic) bond motifs is 1. The van der Waals surface area contributed by atoms with Gasteiger partial charge in [0.05, 0.1) is 12.7 Å². The molecule has 0 N–H and O–H groups in total. The van der Waals surface area contributed by atoms with Crippen molar-refractivity contribution in [3.05, 3.63) is 36.2 Å². The number of hydrogen-bond acceptors (Lipinski definition) is 3. The lowest BCUT2D eigenvalue weighted by atomic mass is 9.83. The summed E-state index contributed by atoms with van der Waals surface area (Å²) in [6, 6.07) is 3.00. The third kappa shape index (κ3) is 3.22. The van der Waals surface area contributed by atoms with Gasteiger partial charge in [-0.15, -0.1) is 0 Å². The van der Waals surface area contributed by atoms with Crippen LogP contribution >= 0.6 is 0 Å². The van der Waals surface area contributed by atoms with Crippen molar-refractivity contribution in [3.8, 4) is 17.1 Å². The van der Waals surface area contributed by atoms with Gasteiger partial charge in [0.15, 0.2) is 0 Å². The largest absolute Gasteiger partial charge is 0.497 e. The Labute approximate surface area is 152 Å². The molecule has 0 saturated carbocycles. The summed E-state index contributed by atoms with van der Waals surface area (Å²) < 4.78 is 35.9. The van der Waals surface area contributed by atoms with Crippen LogP contribution in [0.3, 0.4) is 0 Å². The number of imidazole rings is 1. The van der Waals surface area contributed by atoms with E-state index >= 15 is 0 Å². The first-order chi connectivity index (χ1) is 12.7. The Balaban J connectivity index is 1.62. The Morgan fingerprint density at radius 2 is 1.88 bits per heavy atom. The first-order valence-electron chi connectivity index (χ1n) is 9.46. The standard InChI is InChI=1S/C20H25F2N3O/c1-26-15-11-16(21)19(17(22)12-15)20-23-7-10-25(20)13-14-5-4-9-24-8-3-2-6-18(14)24/h7,10-12,14,18H,2-6,8-9,13H2,1H3/t14-,18+/m0/s1. The van der Waals surface area contributed by atoms with Crippen molar-refractivity contribution in [1.82, 2.24) is 14.5 Å². The SMILES string of the molecule is COc1cc(F)c(-c2nccn2C[C@@H]2CCCN3CCCC[C@H]23)c(F)c1. The van der Waals surface area contributed by atoms with Crippen LogP contribution in [0, 0.1) is 17.6 Å². The van der Waals surface area contributed by atoms with Crippen LogP contribution in [0.1, 0.15) is 32.1 Å². The van der Waals surface area contributed by atoms with Crippen molar-refractivity contribution < 1.29 is 13.5 Å². The molecule has 1 aromatic heterocycles. The average Bonchev–Trinajstić information content (AvgIpc) is 3.09. The molecule has 4 nitrogen and oxygen atoms in total. The van der Waals surface area contributed by atoms with Crippen molar-refractivity contribution in [2.45, 2.75) is 44.7 Å². The number of benzene rings is 1. The first kappa shape index (κ1) is 17.5. The number of ether oxygens (including phenoxy) is 1. The van der Waals surface area contributed by atoms with Gasteiger partial charge >= 0.3 is 0 Å². The highest BCUT2D eigenvalue weighted by Crippen LogP contribution is 2.34. The molecular formula is C20H25F2N3O. The van der Waals surface area contributed by atoms with Crippen LogP contribution in [-0.2, 0) is 6.54 Å². The average molecular weight is 361 g/mol. The van der Waals surface area contributed by atoms with Crippen molar-refractivity contribution in [2.24, 2.45) is 5.92 Å². The normalized spacial score (nSPS) is 23.7. The summed E-state index contributed by atoms with van der Waals surface area (Å²) in [6.45, 7) is 3.11. The molecule has 1 aromatic carbocycles. The summed E-state index contributed by atoms with van der Waals surface area (Å²) in [5.74, 6) is -0.251. The highest BCUT2D eigenvalue weighted by Gasteiger charge is 2.33. The second-order valence-electron chi connectivity index (χ2n) is 7.37. The molecule has 2 saturated heterocycles. The number of hydrogen-bond donors (Lipinski definition) is 0. The zero-order valence-electron chi connectivity index (χ0n) is 15.1. The van der Waals surface area contributed by atoms with Crippen LogP contribution < -0.4 is 4.74 Å². The maximum Gasteiger partial charge on any atom is 0.145 e. The number of piperidine rings is 2. The van der Waals surface area contributed by atoms with E-state index in [2.05, 4.69) is 9.88 Å². The van der Waals surface area contributed by atoms with Crippen molar-refractivity contribution in [2.75, 3.05) is 20.2 Å². The molecule has 3 heterocycles. The summed E-state index contributed by atoms with van der Waals surface area (Å²) in [6.07, 6.45) is 9.58. The van der Waals surface area contributed by atoms with Gasteiger partial charge in [-0.3, -0.25) is 0 Å². The number of aromatic nitrogens is 2. The van der Waals surface area contributed by atoms with Crippen LogP contribution in [0.4, 0.5) is 8.78 Å². The Morgan fingerprint density at radius 3 is 2.65 bits per heavy atom. The van der Waals surface area contributed by atoms with E-state index < -0.39 is 11.6 Å². The van der Waals surface area contributed by atoms with Crippen LogP contribution in [0.2, 0.25) is 0 Å². The molecule has 0 unspecified atom stereocenters. The predicted molar refractivity (Wildman–Crippen MR) is 96.1 cm³/mol. The summed E-state index contributed by atoms with van der Waals surface area (Å²) in [5, 5.41) is 0. The highest BCUT2D eigenvalue weighted by molar-refractivity contribution is 5.59. The molecule has 2 fully saturated rings. The zero-order chi connectivity index (χ0) is 18.1. The van der Waals surface area contributed by atoms with E-state index in [4.69, 9.17) is 4.74 Å². The maximum atomic E-state index is 14.5. The monoisotopic (exact) mass is 361 g/mol. The van der Waals surface area contributed by atoms with Crippen molar-refractivity contribution in [3.63, 3.8) is 0 Å². The lowest BCUT2D eigenvalue weighted by Crippen LogP contribution is -2.49. The van der Waals surface area contributed by atoms with E-state index in [9.17, 15) is 8.78 Å². The number of nitrogens with zero attached hydrogens (tertiary/aromatic N) is 3. The summed E-state index contributed by atoms with van der Waals surface area (Å²) in [4.78, 5) is 6.86. The van der Waals surface area contributed by atoms with E-state index in [0.717, 1.165) is 13.0 Å². The quantitative estimate of drug-likeness (QED) is 0.821. The van der Waals surface area contributed by atoms with Crippen LogP contribution in [0.25, 0.3) is 11.4 Å². The van der Waals surface area contributed by atoms with Gasteiger partial charge < -0.3 is 14.2 Å². The molecule has 0 spiro atoms. The van der Waals surface area contributed by atoms with Gasteiger partial charge in [0.1, 0.15) is 23.2 Å². The molecule has 0 amide bonds. The lowest BCUT2D eigenvalue weighted by molar-refractivity contribution is 0.0521. The number of rotatable bonds is 4. The van der Waals surface area contributed by atoms with E-state index in [1.165, 1.54) is 58.0 Å². The molecule has 6 heteroatoms. The van der Waals surface area contributed by atoms with E-state index in [1.54, 1.807) is 6.20 Å². The van der Waals surface area contributed by atoms with E-state index in [0.29, 0.717) is 17.8 Å². The van der Waals surface area contributed by atoms with Gasteiger partial charge in [-0.2, -0.15) is 0 Å². The zero-order valence-corrected chi connectivity index (χ0v) is 15.1. The molecule has 4 rings (SSSR count). The molecule has 2 aromatic rings. The fourth-order valence-electron chi connectivity index (χ4n) is 4.61. The van der Waals surface area contributed by atoms with Crippen LogP contribution in [-0.4, -0.2) is 40.7 Å². The molecule has 0 aliphatic carbocycles. The summed E-state index contributed by atoms with van der Waals surface area (Å²) in [5.41, 5.74) is -0.0768. The third-order valence-corrected chi connectivity index (χ3v) is 5.85. The van der Waals surface area contributed by atoms with Crippen LogP contribution in [0.5, 0.6) is 5.75 Å². The summed E-state index contributed by atoms with van der Waals surface area (Å²) >= 11 is 0. The number of methoxy groups -OCH3 is 1. The van der Waals surface area contributed by atoms with Gasteiger partial charge in [0.2, 0.25) is 0 Å². The van der Waals surface area contributed by atoms with Gasteiger partial charge in [0.25, 0.3) is 0 Å². The van der Waals surface area contributed by atoms with Crippen molar-refractivity contribution >= 4 is 0 Å². The molecule has 26 heavy (non-hydrogen) atoms. The molecular weight excluding hydrogens is 336 g/mol. The predicted octanol–water partition coefficient (Wildman–Crippen LogP) is 4.10. The molecule has 140 valence electrons. The topological polar surface area (TPSA) is 30.3 Å². The van der Waals surface area contributed by atoms with Crippen molar-refractivity contribution in [1.29, 1.82) is 0 Å². The van der Waals surface area contributed by atoms with Gasteiger partial charge in [-0.1, -0.05) is 6.42 Å². The molecule has 2 atom stereocenters. The second-order valence-corrected chi connectivity index (χ2v) is 7.37. The maximum absolute atomic E-state index is 14.5. The molecule has 2 aliphatic heterocycles. The molecule has 0 bridgehead atoms. The highest BCUT2D eigenvalue weighted by atomic mass is 19.1. The minimum absolute atomic E-state index is 0.0768. The Kier molecular flexibility index (Phi) is 4.94. The molecule has 0 radical (unpaired) electrons. The van der Waals surface area contributed by atoms with Gasteiger partial charge in [-0.05, 0) is 44.7 Å². The molecule has 2 aliphatic rings. The first-order valence-corrected chi connectivity index (χ1v) is 9.46. The van der Waals surface area contributed by atoms with Crippen LogP contribution in [0.15, 0.2) is 24.5 Å². The third-order valence-electron chi connectivity index (χ3n) is 5.85. The lowest BCUT2D eigenvalue weighted by Gasteiger charge is -2.44.